The molecule has 0 unspecified atom stereocenters. The first-order valence-electron chi connectivity index (χ1n) is 7.68. The lowest BCUT2D eigenvalue weighted by Gasteiger charge is -2.06. The highest BCUT2D eigenvalue weighted by Crippen LogP contribution is 2.27. The first-order valence-corrected chi connectivity index (χ1v) is 7.68. The van der Waals surface area contributed by atoms with E-state index in [1.54, 1.807) is 24.5 Å². The normalized spacial score (nSPS) is 11.5. The number of nitrogens with zero attached hydrogens (tertiary/aromatic N) is 4. The molecule has 0 fully saturated rings. The summed E-state index contributed by atoms with van der Waals surface area (Å²) in [6.07, 6.45) is -1.62. The number of hydrogen-bond donors (Lipinski definition) is 2. The van der Waals surface area contributed by atoms with E-state index in [-0.39, 0.29) is 5.69 Å². The van der Waals surface area contributed by atoms with Crippen LogP contribution >= 0.6 is 0 Å². The second-order valence-corrected chi connectivity index (χ2v) is 5.68. The molecule has 7 nitrogen and oxygen atoms in total. The third-order valence-corrected chi connectivity index (χ3v) is 3.74. The second-order valence-electron chi connectivity index (χ2n) is 5.68. The predicted octanol–water partition coefficient (Wildman–Crippen LogP) is 2.59. The molecule has 0 radical (unpaired) electrons. The van der Waals surface area contributed by atoms with E-state index in [9.17, 15) is 18.0 Å². The molecule has 2 aromatic heterocycles. The topological polar surface area (TPSA) is 88.5 Å². The molecule has 10 heteroatoms. The van der Waals surface area contributed by atoms with Gasteiger partial charge < -0.3 is 9.88 Å². The number of H-pyrrole nitrogens is 1. The maximum atomic E-state index is 12.6. The molecule has 0 spiro atoms. The van der Waals surface area contributed by atoms with Gasteiger partial charge in [0.05, 0.1) is 0 Å². The Morgan fingerprint density at radius 1 is 1.27 bits per heavy atom. The van der Waals surface area contributed by atoms with Gasteiger partial charge in [0.25, 0.3) is 5.91 Å². The van der Waals surface area contributed by atoms with E-state index in [4.69, 9.17) is 0 Å². The standard InChI is InChI=1S/C16H15F3N6O/c1-25-9-20-24-14(25)6-5-10-3-2-4-11(7-10)21-15(26)12-8-13(23-22-12)16(17,18)19/h2-4,7-9H,5-6H2,1H3,(H,21,26)(H,22,23). The first kappa shape index (κ1) is 17.6. The smallest absolute Gasteiger partial charge is 0.321 e. The molecule has 0 atom stereocenters. The summed E-state index contributed by atoms with van der Waals surface area (Å²) in [5.41, 5.74) is 0.0210. The summed E-state index contributed by atoms with van der Waals surface area (Å²) in [5.74, 6) is 0.109. The number of benzene rings is 1. The number of rotatable bonds is 5. The summed E-state index contributed by atoms with van der Waals surface area (Å²) in [6.45, 7) is 0. The summed E-state index contributed by atoms with van der Waals surface area (Å²) in [7, 11) is 1.85. The van der Waals surface area contributed by atoms with Crippen molar-refractivity contribution in [3.8, 4) is 0 Å². The van der Waals surface area contributed by atoms with Crippen molar-refractivity contribution >= 4 is 11.6 Å². The van der Waals surface area contributed by atoms with E-state index >= 15 is 0 Å². The molecule has 1 aromatic carbocycles. The number of hydrogen-bond acceptors (Lipinski definition) is 4. The highest BCUT2D eigenvalue weighted by molar-refractivity contribution is 6.02. The fraction of sp³-hybridized carbons (Fsp3) is 0.250. The van der Waals surface area contributed by atoms with Gasteiger partial charge in [-0.25, -0.2) is 0 Å². The van der Waals surface area contributed by atoms with Crippen LogP contribution in [-0.2, 0) is 26.1 Å². The van der Waals surface area contributed by atoms with Gasteiger partial charge in [-0.3, -0.25) is 9.89 Å². The number of carbonyl (C=O) groups is 1. The Balaban J connectivity index is 1.65. The van der Waals surface area contributed by atoms with Crippen LogP contribution in [0.5, 0.6) is 0 Å². The fourth-order valence-electron chi connectivity index (χ4n) is 2.37. The number of halogens is 3. The van der Waals surface area contributed by atoms with Crippen molar-refractivity contribution in [2.24, 2.45) is 7.05 Å². The molecule has 0 aliphatic rings. The van der Waals surface area contributed by atoms with Gasteiger partial charge >= 0.3 is 6.18 Å². The summed E-state index contributed by atoms with van der Waals surface area (Å²) in [6, 6.07) is 7.73. The summed E-state index contributed by atoms with van der Waals surface area (Å²) in [4.78, 5) is 12.1. The second kappa shape index (κ2) is 6.98. The Hall–Kier alpha value is -3.17. The van der Waals surface area contributed by atoms with Gasteiger partial charge in [-0.1, -0.05) is 12.1 Å². The zero-order chi connectivity index (χ0) is 18.7. The Morgan fingerprint density at radius 2 is 2.08 bits per heavy atom. The maximum Gasteiger partial charge on any atom is 0.432 e. The number of aryl methyl sites for hydroxylation is 3. The van der Waals surface area contributed by atoms with Crippen molar-refractivity contribution in [3.05, 3.63) is 59.4 Å². The SMILES string of the molecule is Cn1cnnc1CCc1cccc(NC(=O)c2cc(C(F)(F)F)[nH]n2)c1. The minimum atomic E-state index is -4.58. The third-order valence-electron chi connectivity index (χ3n) is 3.74. The number of alkyl halides is 3. The van der Waals surface area contributed by atoms with Crippen LogP contribution < -0.4 is 5.32 Å². The van der Waals surface area contributed by atoms with Crippen LogP contribution in [0.3, 0.4) is 0 Å². The molecule has 0 bridgehead atoms. The molecule has 3 rings (SSSR count). The van der Waals surface area contributed by atoms with E-state index in [1.165, 1.54) is 0 Å². The number of amides is 1. The van der Waals surface area contributed by atoms with Gasteiger partial charge in [0.1, 0.15) is 17.8 Å². The van der Waals surface area contributed by atoms with E-state index < -0.39 is 17.8 Å². The fourth-order valence-corrected chi connectivity index (χ4v) is 2.37. The molecule has 1 amide bonds. The molecule has 0 aliphatic carbocycles. The van der Waals surface area contributed by atoms with E-state index in [2.05, 4.69) is 20.6 Å². The van der Waals surface area contributed by atoms with Crippen LogP contribution in [0.15, 0.2) is 36.7 Å². The van der Waals surface area contributed by atoms with E-state index in [1.807, 2.05) is 22.8 Å². The van der Waals surface area contributed by atoms with Crippen LogP contribution in [0.2, 0.25) is 0 Å². The van der Waals surface area contributed by atoms with Crippen LogP contribution in [0.25, 0.3) is 0 Å². The quantitative estimate of drug-likeness (QED) is 0.728. The van der Waals surface area contributed by atoms with Crippen LogP contribution in [0, 0.1) is 0 Å². The molecular weight excluding hydrogens is 349 g/mol. The largest absolute Gasteiger partial charge is 0.432 e. The van der Waals surface area contributed by atoms with Crippen molar-refractivity contribution in [1.82, 2.24) is 25.0 Å². The third kappa shape index (κ3) is 4.08. The summed E-state index contributed by atoms with van der Waals surface area (Å²) in [5, 5.41) is 15.6. The first-order chi connectivity index (χ1) is 12.3. The van der Waals surface area contributed by atoms with Crippen molar-refractivity contribution in [2.45, 2.75) is 19.0 Å². The van der Waals surface area contributed by atoms with Gasteiger partial charge in [0.15, 0.2) is 5.69 Å². The van der Waals surface area contributed by atoms with E-state index in [0.29, 0.717) is 24.6 Å². The Morgan fingerprint density at radius 3 is 2.73 bits per heavy atom. The molecule has 136 valence electrons. The maximum absolute atomic E-state index is 12.6. The number of aromatic nitrogens is 5. The van der Waals surface area contributed by atoms with Crippen molar-refractivity contribution in [1.29, 1.82) is 0 Å². The number of anilines is 1. The minimum absolute atomic E-state index is 0.332. The number of carbonyl (C=O) groups excluding carboxylic acids is 1. The van der Waals surface area contributed by atoms with Gasteiger partial charge in [0, 0.05) is 25.2 Å². The molecule has 2 heterocycles. The van der Waals surface area contributed by atoms with Crippen molar-refractivity contribution in [3.63, 3.8) is 0 Å². The molecule has 0 saturated carbocycles. The zero-order valence-corrected chi connectivity index (χ0v) is 13.7. The van der Waals surface area contributed by atoms with Crippen LogP contribution in [-0.4, -0.2) is 30.9 Å². The van der Waals surface area contributed by atoms with Gasteiger partial charge in [-0.05, 0) is 24.1 Å². The van der Waals surface area contributed by atoms with Crippen molar-refractivity contribution < 1.29 is 18.0 Å². The lowest BCUT2D eigenvalue weighted by atomic mass is 10.1. The van der Waals surface area contributed by atoms with Gasteiger partial charge in [0.2, 0.25) is 0 Å². The molecule has 0 saturated heterocycles. The highest BCUT2D eigenvalue weighted by Gasteiger charge is 2.33. The molecule has 2 N–H and O–H groups in total. The Kier molecular flexibility index (Phi) is 4.74. The average Bonchev–Trinajstić information content (AvgIpc) is 3.22. The van der Waals surface area contributed by atoms with Crippen molar-refractivity contribution in [2.75, 3.05) is 5.32 Å². The average molecular weight is 364 g/mol. The molecule has 26 heavy (non-hydrogen) atoms. The monoisotopic (exact) mass is 364 g/mol. The number of nitrogens with one attached hydrogen (secondary N) is 2. The highest BCUT2D eigenvalue weighted by atomic mass is 19.4. The van der Waals surface area contributed by atoms with Crippen LogP contribution in [0.1, 0.15) is 27.6 Å². The molecule has 0 aliphatic heterocycles. The van der Waals surface area contributed by atoms with Gasteiger partial charge in [-0.15, -0.1) is 10.2 Å². The minimum Gasteiger partial charge on any atom is -0.321 e. The van der Waals surface area contributed by atoms with Crippen LogP contribution in [0.4, 0.5) is 18.9 Å². The van der Waals surface area contributed by atoms with E-state index in [0.717, 1.165) is 11.4 Å². The summed E-state index contributed by atoms with van der Waals surface area (Å²) >= 11 is 0. The summed E-state index contributed by atoms with van der Waals surface area (Å²) < 4.78 is 39.5. The predicted molar refractivity (Wildman–Crippen MR) is 86.4 cm³/mol. The number of aromatic amines is 1. The van der Waals surface area contributed by atoms with Gasteiger partial charge in [-0.2, -0.15) is 18.3 Å². The Labute approximate surface area is 146 Å². The molecular formula is C16H15F3N6O. The zero-order valence-electron chi connectivity index (χ0n) is 13.7. The molecule has 3 aromatic rings. The lowest BCUT2D eigenvalue weighted by molar-refractivity contribution is -0.141. The lowest BCUT2D eigenvalue weighted by Crippen LogP contribution is -2.12. The Bertz CT molecular complexity index is 915.